The van der Waals surface area contributed by atoms with E-state index in [1.54, 1.807) is 0 Å². The lowest BCUT2D eigenvalue weighted by atomic mass is 9.95. The van der Waals surface area contributed by atoms with Crippen LogP contribution in [0.4, 0.5) is 0 Å². The van der Waals surface area contributed by atoms with E-state index in [9.17, 15) is 0 Å². The maximum absolute atomic E-state index is 6.22. The first kappa shape index (κ1) is 10.1. The lowest BCUT2D eigenvalue weighted by Crippen LogP contribution is -2.42. The van der Waals surface area contributed by atoms with Gasteiger partial charge < -0.3 is 10.5 Å². The largest absolute Gasteiger partial charge is 0.379 e. The molecule has 0 radical (unpaired) electrons. The molecular weight excluding hydrogens is 194 g/mol. The summed E-state index contributed by atoms with van der Waals surface area (Å²) in [7, 11) is 0. The van der Waals surface area contributed by atoms with Crippen molar-refractivity contribution in [3.05, 3.63) is 21.9 Å². The maximum atomic E-state index is 6.22. The Morgan fingerprint density at radius 1 is 1.50 bits per heavy atom. The molecule has 2 N–H and O–H groups in total. The van der Waals surface area contributed by atoms with E-state index in [0.29, 0.717) is 6.61 Å². The molecule has 0 spiro atoms. The Balaban J connectivity index is 2.02. The van der Waals surface area contributed by atoms with Crippen molar-refractivity contribution in [2.24, 2.45) is 5.73 Å². The first-order valence-corrected chi connectivity index (χ1v) is 5.98. The summed E-state index contributed by atoms with van der Waals surface area (Å²) in [5.41, 5.74) is 6.12. The van der Waals surface area contributed by atoms with Crippen molar-refractivity contribution in [3.63, 3.8) is 0 Å². The van der Waals surface area contributed by atoms with Crippen LogP contribution in [0.5, 0.6) is 0 Å². The van der Waals surface area contributed by atoms with Crippen LogP contribution in [0.1, 0.15) is 23.1 Å². The van der Waals surface area contributed by atoms with Crippen LogP contribution in [0, 0.1) is 0 Å². The van der Waals surface area contributed by atoms with Gasteiger partial charge in [0.2, 0.25) is 0 Å². The first-order valence-electron chi connectivity index (χ1n) is 5.16. The molecule has 1 aromatic rings. The van der Waals surface area contributed by atoms with Crippen molar-refractivity contribution in [2.45, 2.75) is 31.7 Å². The van der Waals surface area contributed by atoms with E-state index in [1.807, 2.05) is 11.3 Å². The zero-order chi connectivity index (χ0) is 10.0. The van der Waals surface area contributed by atoms with Gasteiger partial charge in [0.05, 0.1) is 6.61 Å². The van der Waals surface area contributed by atoms with Gasteiger partial charge in [-0.3, -0.25) is 0 Å². The average Bonchev–Trinajstić information content (AvgIpc) is 2.75. The number of rotatable bonds is 3. The Labute approximate surface area is 89.1 Å². The Kier molecular flexibility index (Phi) is 2.91. The SMILES string of the molecule is CCc1ccc(CC2(N)CCOC2)s1. The van der Waals surface area contributed by atoms with Crippen LogP contribution < -0.4 is 5.73 Å². The third-order valence-corrected chi connectivity index (χ3v) is 3.96. The second-order valence-electron chi connectivity index (χ2n) is 4.06. The fourth-order valence-corrected chi connectivity index (χ4v) is 2.93. The molecule has 0 bridgehead atoms. The summed E-state index contributed by atoms with van der Waals surface area (Å²) in [6.45, 7) is 3.72. The van der Waals surface area contributed by atoms with E-state index in [1.165, 1.54) is 9.75 Å². The Hall–Kier alpha value is -0.380. The van der Waals surface area contributed by atoms with Crippen molar-refractivity contribution in [1.29, 1.82) is 0 Å². The second-order valence-corrected chi connectivity index (χ2v) is 5.32. The summed E-state index contributed by atoms with van der Waals surface area (Å²) < 4.78 is 5.35. The molecule has 1 aromatic heterocycles. The highest BCUT2D eigenvalue weighted by molar-refractivity contribution is 7.12. The quantitative estimate of drug-likeness (QED) is 0.829. The minimum atomic E-state index is -0.101. The van der Waals surface area contributed by atoms with Gasteiger partial charge in [-0.2, -0.15) is 0 Å². The van der Waals surface area contributed by atoms with Gasteiger partial charge in [-0.1, -0.05) is 6.92 Å². The van der Waals surface area contributed by atoms with Gasteiger partial charge in [0, 0.05) is 28.3 Å². The highest BCUT2D eigenvalue weighted by Gasteiger charge is 2.30. The zero-order valence-electron chi connectivity index (χ0n) is 8.58. The van der Waals surface area contributed by atoms with Crippen molar-refractivity contribution in [1.82, 2.24) is 0 Å². The Morgan fingerprint density at radius 3 is 2.86 bits per heavy atom. The molecule has 1 unspecified atom stereocenters. The van der Waals surface area contributed by atoms with Crippen molar-refractivity contribution in [3.8, 4) is 0 Å². The number of ether oxygens (including phenoxy) is 1. The molecule has 1 saturated heterocycles. The summed E-state index contributed by atoms with van der Waals surface area (Å²) in [6.07, 6.45) is 3.09. The fraction of sp³-hybridized carbons (Fsp3) is 0.636. The molecule has 0 aromatic carbocycles. The van der Waals surface area contributed by atoms with Crippen LogP contribution in [0.15, 0.2) is 12.1 Å². The van der Waals surface area contributed by atoms with E-state index in [0.717, 1.165) is 25.9 Å². The van der Waals surface area contributed by atoms with Gasteiger partial charge in [-0.05, 0) is 25.0 Å². The highest BCUT2D eigenvalue weighted by atomic mass is 32.1. The minimum Gasteiger partial charge on any atom is -0.379 e. The fourth-order valence-electron chi connectivity index (χ4n) is 1.82. The number of nitrogens with two attached hydrogens (primary N) is 1. The molecule has 0 aliphatic carbocycles. The molecule has 78 valence electrons. The molecular formula is C11H17NOS. The van der Waals surface area contributed by atoms with E-state index < -0.39 is 0 Å². The first-order chi connectivity index (χ1) is 6.72. The molecule has 0 amide bonds. The number of hydrogen-bond donors (Lipinski definition) is 1. The maximum Gasteiger partial charge on any atom is 0.0650 e. The molecule has 1 fully saturated rings. The van der Waals surface area contributed by atoms with Crippen molar-refractivity contribution in [2.75, 3.05) is 13.2 Å². The predicted molar refractivity (Wildman–Crippen MR) is 59.8 cm³/mol. The van der Waals surface area contributed by atoms with E-state index >= 15 is 0 Å². The predicted octanol–water partition coefficient (Wildman–Crippen LogP) is 1.97. The molecule has 0 saturated carbocycles. The Morgan fingerprint density at radius 2 is 2.29 bits per heavy atom. The summed E-state index contributed by atoms with van der Waals surface area (Å²) in [6, 6.07) is 4.41. The van der Waals surface area contributed by atoms with Gasteiger partial charge in [-0.25, -0.2) is 0 Å². The smallest absolute Gasteiger partial charge is 0.0650 e. The monoisotopic (exact) mass is 211 g/mol. The van der Waals surface area contributed by atoms with Gasteiger partial charge >= 0.3 is 0 Å². The number of thiophene rings is 1. The van der Waals surface area contributed by atoms with Gasteiger partial charge in [-0.15, -0.1) is 11.3 Å². The van der Waals surface area contributed by atoms with Crippen LogP contribution in [0.2, 0.25) is 0 Å². The molecule has 1 aliphatic heterocycles. The topological polar surface area (TPSA) is 35.2 Å². The third kappa shape index (κ3) is 2.16. The molecule has 1 aliphatic rings. The van der Waals surface area contributed by atoms with E-state index in [4.69, 9.17) is 10.5 Å². The van der Waals surface area contributed by atoms with Gasteiger partial charge in [0.15, 0.2) is 0 Å². The van der Waals surface area contributed by atoms with E-state index in [2.05, 4.69) is 19.1 Å². The van der Waals surface area contributed by atoms with Crippen molar-refractivity contribution >= 4 is 11.3 Å². The molecule has 14 heavy (non-hydrogen) atoms. The third-order valence-electron chi connectivity index (χ3n) is 2.73. The zero-order valence-corrected chi connectivity index (χ0v) is 9.40. The van der Waals surface area contributed by atoms with Gasteiger partial charge in [0.25, 0.3) is 0 Å². The van der Waals surface area contributed by atoms with Crippen molar-refractivity contribution < 1.29 is 4.74 Å². The van der Waals surface area contributed by atoms with Gasteiger partial charge in [0.1, 0.15) is 0 Å². The normalized spacial score (nSPS) is 27.0. The summed E-state index contributed by atoms with van der Waals surface area (Å²) >= 11 is 1.88. The molecule has 2 nitrogen and oxygen atoms in total. The van der Waals surface area contributed by atoms with Crippen LogP contribution in [0.25, 0.3) is 0 Å². The van der Waals surface area contributed by atoms with E-state index in [-0.39, 0.29) is 5.54 Å². The van der Waals surface area contributed by atoms with Crippen LogP contribution in [-0.4, -0.2) is 18.8 Å². The van der Waals surface area contributed by atoms with Crippen LogP contribution in [0.3, 0.4) is 0 Å². The highest BCUT2D eigenvalue weighted by Crippen LogP contribution is 2.25. The summed E-state index contributed by atoms with van der Waals surface area (Å²) in [4.78, 5) is 2.84. The molecule has 1 atom stereocenters. The molecule has 2 rings (SSSR count). The molecule has 2 heterocycles. The van der Waals surface area contributed by atoms with Crippen LogP contribution >= 0.6 is 11.3 Å². The number of hydrogen-bond acceptors (Lipinski definition) is 3. The Bertz CT molecular complexity index is 302. The minimum absolute atomic E-state index is 0.101. The number of aryl methyl sites for hydroxylation is 1. The standard InChI is InChI=1S/C11H17NOS/c1-2-9-3-4-10(14-9)7-11(12)5-6-13-8-11/h3-4H,2,5-8,12H2,1H3. The second kappa shape index (κ2) is 4.01. The van der Waals surface area contributed by atoms with Crippen LogP contribution in [-0.2, 0) is 17.6 Å². The lowest BCUT2D eigenvalue weighted by molar-refractivity contribution is 0.178. The molecule has 3 heteroatoms. The lowest BCUT2D eigenvalue weighted by Gasteiger charge is -2.20. The summed E-state index contributed by atoms with van der Waals surface area (Å²) in [5, 5.41) is 0. The average molecular weight is 211 g/mol. The summed E-state index contributed by atoms with van der Waals surface area (Å²) in [5.74, 6) is 0.